The number of aromatic nitrogens is 3. The van der Waals surface area contributed by atoms with Crippen molar-refractivity contribution in [3.8, 4) is 11.5 Å². The molecule has 24 heavy (non-hydrogen) atoms. The van der Waals surface area contributed by atoms with Gasteiger partial charge in [-0.3, -0.25) is 4.79 Å². The van der Waals surface area contributed by atoms with Crippen LogP contribution in [-0.4, -0.2) is 21.2 Å². The monoisotopic (exact) mass is 328 g/mol. The van der Waals surface area contributed by atoms with E-state index >= 15 is 0 Å². The van der Waals surface area contributed by atoms with Gasteiger partial charge in [0.25, 0.3) is 5.91 Å². The molecule has 4 rings (SSSR count). The average Bonchev–Trinajstić information content (AvgIpc) is 2.98. The molecule has 1 aliphatic carbocycles. The van der Waals surface area contributed by atoms with Crippen molar-refractivity contribution < 1.29 is 18.3 Å². The van der Waals surface area contributed by atoms with Gasteiger partial charge >= 0.3 is 0 Å². The Balaban J connectivity index is 1.41. The highest BCUT2D eigenvalue weighted by atomic mass is 16.5. The Kier molecular flexibility index (Phi) is 3.44. The first-order valence-electron chi connectivity index (χ1n) is 7.75. The fourth-order valence-corrected chi connectivity index (χ4v) is 2.49. The Hall–Kier alpha value is -2.90. The minimum absolute atomic E-state index is 0.128. The molecule has 1 aliphatic rings. The number of nitrogens with one attached hydrogen (secondary N) is 1. The van der Waals surface area contributed by atoms with Crippen LogP contribution in [0.2, 0.25) is 0 Å². The molecule has 1 amide bonds. The first-order valence-corrected chi connectivity index (χ1v) is 7.75. The van der Waals surface area contributed by atoms with E-state index in [1.165, 1.54) is 0 Å². The predicted octanol–water partition coefficient (Wildman–Crippen LogP) is 2.74. The summed E-state index contributed by atoms with van der Waals surface area (Å²) in [7, 11) is 0. The molecule has 0 aliphatic heterocycles. The molecular formula is C16H16N4O4. The molecule has 1 fully saturated rings. The van der Waals surface area contributed by atoms with Crippen LogP contribution in [0.5, 0.6) is 0 Å². The third kappa shape index (κ3) is 2.82. The van der Waals surface area contributed by atoms with E-state index in [1.807, 2.05) is 6.07 Å². The highest BCUT2D eigenvalue weighted by Gasteiger charge is 2.28. The SMILES string of the molecule is Cc1cc(C(=O)NCc2nc(-c3cc(C4CC4)on3)no2)c(C)o1. The van der Waals surface area contributed by atoms with E-state index in [4.69, 9.17) is 13.5 Å². The summed E-state index contributed by atoms with van der Waals surface area (Å²) in [5, 5.41) is 10.6. The Morgan fingerprint density at radius 1 is 1.25 bits per heavy atom. The van der Waals surface area contributed by atoms with Gasteiger partial charge in [0.05, 0.1) is 12.1 Å². The van der Waals surface area contributed by atoms with Gasteiger partial charge in [0, 0.05) is 12.0 Å². The van der Waals surface area contributed by atoms with Gasteiger partial charge in [-0.05, 0) is 32.8 Å². The topological polar surface area (TPSA) is 107 Å². The van der Waals surface area contributed by atoms with Gasteiger partial charge in [-0.15, -0.1) is 0 Å². The van der Waals surface area contributed by atoms with Gasteiger partial charge in [-0.25, -0.2) is 0 Å². The molecule has 0 bridgehead atoms. The molecule has 3 aromatic rings. The van der Waals surface area contributed by atoms with Crippen LogP contribution in [0.15, 0.2) is 25.6 Å². The molecule has 0 aromatic carbocycles. The zero-order valence-electron chi connectivity index (χ0n) is 13.3. The minimum Gasteiger partial charge on any atom is -0.466 e. The molecule has 8 nitrogen and oxygen atoms in total. The summed E-state index contributed by atoms with van der Waals surface area (Å²) >= 11 is 0. The van der Waals surface area contributed by atoms with Gasteiger partial charge in [-0.2, -0.15) is 4.98 Å². The summed E-state index contributed by atoms with van der Waals surface area (Å²) in [6.45, 7) is 3.67. The summed E-state index contributed by atoms with van der Waals surface area (Å²) in [5.74, 6) is 3.00. The van der Waals surface area contributed by atoms with Gasteiger partial charge in [0.2, 0.25) is 11.7 Å². The molecule has 0 radical (unpaired) electrons. The molecular weight excluding hydrogens is 312 g/mol. The second-order valence-electron chi connectivity index (χ2n) is 5.91. The summed E-state index contributed by atoms with van der Waals surface area (Å²) in [6, 6.07) is 3.53. The van der Waals surface area contributed by atoms with Gasteiger partial charge in [0.1, 0.15) is 17.3 Å². The minimum atomic E-state index is -0.249. The third-order valence-corrected chi connectivity index (χ3v) is 3.89. The molecule has 0 unspecified atom stereocenters. The molecule has 1 saturated carbocycles. The fourth-order valence-electron chi connectivity index (χ4n) is 2.49. The summed E-state index contributed by atoms with van der Waals surface area (Å²) in [6.07, 6.45) is 2.26. The Bertz CT molecular complexity index is 888. The second kappa shape index (κ2) is 5.63. The smallest absolute Gasteiger partial charge is 0.255 e. The van der Waals surface area contributed by atoms with Crippen LogP contribution in [0.4, 0.5) is 0 Å². The number of amides is 1. The second-order valence-corrected chi connectivity index (χ2v) is 5.91. The number of aryl methyl sites for hydroxylation is 2. The number of nitrogens with zero attached hydrogens (tertiary/aromatic N) is 3. The van der Waals surface area contributed by atoms with Gasteiger partial charge < -0.3 is 18.8 Å². The van der Waals surface area contributed by atoms with Crippen molar-refractivity contribution >= 4 is 5.91 Å². The van der Waals surface area contributed by atoms with E-state index in [-0.39, 0.29) is 12.5 Å². The maximum atomic E-state index is 12.1. The van der Waals surface area contributed by atoms with E-state index < -0.39 is 0 Å². The van der Waals surface area contributed by atoms with Crippen molar-refractivity contribution in [2.24, 2.45) is 0 Å². The quantitative estimate of drug-likeness (QED) is 0.767. The van der Waals surface area contributed by atoms with Crippen molar-refractivity contribution in [1.29, 1.82) is 0 Å². The lowest BCUT2D eigenvalue weighted by atomic mass is 10.2. The molecule has 124 valence electrons. The van der Waals surface area contributed by atoms with Gasteiger partial charge in [-0.1, -0.05) is 10.3 Å². The number of rotatable bonds is 5. The van der Waals surface area contributed by atoms with E-state index in [1.54, 1.807) is 19.9 Å². The maximum absolute atomic E-state index is 12.1. The number of carbonyl (C=O) groups excluding carboxylic acids is 1. The molecule has 3 aromatic heterocycles. The van der Waals surface area contributed by atoms with Crippen LogP contribution in [-0.2, 0) is 6.54 Å². The normalized spacial score (nSPS) is 14.1. The zero-order chi connectivity index (χ0) is 16.7. The summed E-state index contributed by atoms with van der Waals surface area (Å²) < 4.78 is 15.8. The van der Waals surface area contributed by atoms with Crippen LogP contribution in [0.3, 0.4) is 0 Å². The fraction of sp³-hybridized carbons (Fsp3) is 0.375. The van der Waals surface area contributed by atoms with Crippen molar-refractivity contribution in [1.82, 2.24) is 20.6 Å². The molecule has 8 heteroatoms. The lowest BCUT2D eigenvalue weighted by Crippen LogP contribution is -2.23. The van der Waals surface area contributed by atoms with Crippen LogP contribution >= 0.6 is 0 Å². The van der Waals surface area contributed by atoms with Crippen molar-refractivity contribution in [2.45, 2.75) is 39.2 Å². The van der Waals surface area contributed by atoms with Gasteiger partial charge in [0.15, 0.2) is 5.69 Å². The van der Waals surface area contributed by atoms with Crippen LogP contribution in [0, 0.1) is 13.8 Å². The van der Waals surface area contributed by atoms with Crippen molar-refractivity contribution in [3.63, 3.8) is 0 Å². The molecule has 0 saturated heterocycles. The Morgan fingerprint density at radius 2 is 2.08 bits per heavy atom. The van der Waals surface area contributed by atoms with E-state index in [9.17, 15) is 4.79 Å². The number of furan rings is 1. The van der Waals surface area contributed by atoms with E-state index in [0.29, 0.717) is 40.4 Å². The highest BCUT2D eigenvalue weighted by molar-refractivity contribution is 5.95. The first kappa shape index (κ1) is 14.7. The third-order valence-electron chi connectivity index (χ3n) is 3.89. The lowest BCUT2D eigenvalue weighted by molar-refractivity contribution is 0.0944. The Morgan fingerprint density at radius 3 is 2.79 bits per heavy atom. The zero-order valence-corrected chi connectivity index (χ0v) is 13.3. The predicted molar refractivity (Wildman–Crippen MR) is 81.1 cm³/mol. The number of hydrogen-bond acceptors (Lipinski definition) is 7. The Labute approximate surface area is 137 Å². The highest BCUT2D eigenvalue weighted by Crippen LogP contribution is 2.40. The first-order chi connectivity index (χ1) is 11.6. The number of carbonyl (C=O) groups is 1. The largest absolute Gasteiger partial charge is 0.466 e. The molecule has 3 heterocycles. The summed E-state index contributed by atoms with van der Waals surface area (Å²) in [4.78, 5) is 16.4. The maximum Gasteiger partial charge on any atom is 0.255 e. The average molecular weight is 328 g/mol. The number of hydrogen-bond donors (Lipinski definition) is 1. The van der Waals surface area contributed by atoms with E-state index in [2.05, 4.69) is 20.6 Å². The van der Waals surface area contributed by atoms with Crippen LogP contribution < -0.4 is 5.32 Å². The van der Waals surface area contributed by atoms with Crippen LogP contribution in [0.25, 0.3) is 11.5 Å². The van der Waals surface area contributed by atoms with Crippen LogP contribution in [0.1, 0.15) is 52.3 Å². The summed E-state index contributed by atoms with van der Waals surface area (Å²) in [5.41, 5.74) is 1.04. The van der Waals surface area contributed by atoms with Crippen molar-refractivity contribution in [3.05, 3.63) is 40.9 Å². The molecule has 0 atom stereocenters. The standard InChI is InChI=1S/C16H16N4O4/c1-8-5-11(9(2)22-8)16(21)17-7-14-18-15(20-24-14)12-6-13(23-19-12)10-3-4-10/h5-6,10H,3-4,7H2,1-2H3,(H,17,21). The van der Waals surface area contributed by atoms with E-state index in [0.717, 1.165) is 18.6 Å². The van der Waals surface area contributed by atoms with Crippen molar-refractivity contribution in [2.75, 3.05) is 0 Å². The molecule has 0 spiro atoms. The lowest BCUT2D eigenvalue weighted by Gasteiger charge is -1.99. The molecule has 1 N–H and O–H groups in total.